The normalized spacial score (nSPS) is 22.7. The highest BCUT2D eigenvalue weighted by Gasteiger charge is 2.39. The molecule has 0 saturated carbocycles. The Labute approximate surface area is 109 Å². The van der Waals surface area contributed by atoms with Crippen molar-refractivity contribution in [1.29, 1.82) is 0 Å². The fourth-order valence-electron chi connectivity index (χ4n) is 1.64. The van der Waals surface area contributed by atoms with Crippen LogP contribution in [0.1, 0.15) is 13.8 Å². The van der Waals surface area contributed by atoms with Gasteiger partial charge in [-0.1, -0.05) is 0 Å². The van der Waals surface area contributed by atoms with E-state index in [4.69, 9.17) is 5.11 Å². The third kappa shape index (κ3) is 3.80. The summed E-state index contributed by atoms with van der Waals surface area (Å²) < 4.78 is 0. The average molecular weight is 275 g/mol. The van der Waals surface area contributed by atoms with Gasteiger partial charge in [0.25, 0.3) is 0 Å². The van der Waals surface area contributed by atoms with Crippen LogP contribution in [0.3, 0.4) is 0 Å². The van der Waals surface area contributed by atoms with Gasteiger partial charge < -0.3 is 15.7 Å². The molecule has 8 heteroatoms. The predicted octanol–water partition coefficient (Wildman–Crippen LogP) is -0.320. The number of urea groups is 1. The molecular formula is C10H17N3O4S. The molecule has 3 amide bonds. The van der Waals surface area contributed by atoms with Crippen LogP contribution in [0.2, 0.25) is 0 Å². The van der Waals surface area contributed by atoms with E-state index in [0.29, 0.717) is 12.3 Å². The maximum Gasteiger partial charge on any atom is 0.327 e. The van der Waals surface area contributed by atoms with Crippen LogP contribution in [0.15, 0.2) is 0 Å². The number of nitrogens with zero attached hydrogens (tertiary/aromatic N) is 1. The molecule has 0 bridgehead atoms. The van der Waals surface area contributed by atoms with E-state index in [1.54, 1.807) is 6.92 Å². The van der Waals surface area contributed by atoms with Crippen molar-refractivity contribution < 1.29 is 19.5 Å². The molecule has 1 heterocycles. The van der Waals surface area contributed by atoms with Crippen molar-refractivity contribution in [3.05, 3.63) is 0 Å². The van der Waals surface area contributed by atoms with Crippen LogP contribution in [0.25, 0.3) is 0 Å². The van der Waals surface area contributed by atoms with Gasteiger partial charge in [0.15, 0.2) is 0 Å². The number of nitrogens with one attached hydrogen (secondary N) is 2. The second kappa shape index (κ2) is 6.48. The molecular weight excluding hydrogens is 258 g/mol. The first-order chi connectivity index (χ1) is 8.43. The summed E-state index contributed by atoms with van der Waals surface area (Å²) in [5, 5.41) is 14.0. The number of hydrogen-bond acceptors (Lipinski definition) is 4. The fourth-order valence-corrected chi connectivity index (χ4v) is 2.81. The van der Waals surface area contributed by atoms with Gasteiger partial charge in [0.05, 0.1) is 5.37 Å². The maximum absolute atomic E-state index is 11.8. The van der Waals surface area contributed by atoms with Crippen molar-refractivity contribution in [3.8, 4) is 0 Å². The minimum Gasteiger partial charge on any atom is -0.480 e. The van der Waals surface area contributed by atoms with Gasteiger partial charge in [0.1, 0.15) is 6.04 Å². The standard InChI is InChI=1S/C10H17N3O4S/c1-6(14)11-3-4-12-10(17)13-7(2)18-5-8(13)9(15)16/h7-8H,3-5H2,1-2H3,(H,11,14)(H,12,17)(H,15,16). The molecule has 0 aliphatic carbocycles. The number of carboxylic acids is 1. The van der Waals surface area contributed by atoms with Crippen LogP contribution in [0.5, 0.6) is 0 Å². The average Bonchev–Trinajstić information content (AvgIpc) is 2.66. The zero-order valence-corrected chi connectivity index (χ0v) is 11.1. The van der Waals surface area contributed by atoms with E-state index in [9.17, 15) is 14.4 Å². The number of carboxylic acid groups (broad SMARTS) is 1. The Morgan fingerprint density at radius 3 is 2.50 bits per heavy atom. The SMILES string of the molecule is CC(=O)NCCNC(=O)N1C(C)SCC1C(=O)O. The van der Waals surface area contributed by atoms with E-state index in [-0.39, 0.29) is 17.8 Å². The fraction of sp³-hybridized carbons (Fsp3) is 0.700. The summed E-state index contributed by atoms with van der Waals surface area (Å²) in [5.74, 6) is -0.767. The topological polar surface area (TPSA) is 98.7 Å². The molecule has 0 radical (unpaired) electrons. The van der Waals surface area contributed by atoms with Gasteiger partial charge >= 0.3 is 12.0 Å². The van der Waals surface area contributed by atoms with E-state index in [0.717, 1.165) is 0 Å². The minimum absolute atomic E-state index is 0.160. The number of hydrogen-bond donors (Lipinski definition) is 3. The van der Waals surface area contributed by atoms with Crippen LogP contribution in [0.4, 0.5) is 4.79 Å². The Kier molecular flexibility index (Phi) is 5.26. The smallest absolute Gasteiger partial charge is 0.327 e. The lowest BCUT2D eigenvalue weighted by molar-refractivity contribution is -0.141. The van der Waals surface area contributed by atoms with Gasteiger partial charge in [0, 0.05) is 25.8 Å². The maximum atomic E-state index is 11.8. The van der Waals surface area contributed by atoms with Crippen LogP contribution < -0.4 is 10.6 Å². The van der Waals surface area contributed by atoms with Crippen molar-refractivity contribution in [1.82, 2.24) is 15.5 Å². The highest BCUT2D eigenvalue weighted by Crippen LogP contribution is 2.28. The van der Waals surface area contributed by atoms with Gasteiger partial charge in [-0.25, -0.2) is 9.59 Å². The molecule has 3 N–H and O–H groups in total. The molecule has 18 heavy (non-hydrogen) atoms. The summed E-state index contributed by atoms with van der Waals surface area (Å²) in [4.78, 5) is 34.8. The Bertz CT molecular complexity index is 350. The van der Waals surface area contributed by atoms with Gasteiger partial charge in [-0.15, -0.1) is 11.8 Å². The van der Waals surface area contributed by atoms with Crippen LogP contribution >= 0.6 is 11.8 Å². The molecule has 0 spiro atoms. The van der Waals surface area contributed by atoms with E-state index in [1.165, 1.54) is 23.6 Å². The predicted molar refractivity (Wildman–Crippen MR) is 67.3 cm³/mol. The Morgan fingerprint density at radius 2 is 1.94 bits per heavy atom. The first-order valence-corrected chi connectivity index (χ1v) is 6.63. The molecule has 1 saturated heterocycles. The van der Waals surface area contributed by atoms with E-state index < -0.39 is 18.0 Å². The molecule has 7 nitrogen and oxygen atoms in total. The van der Waals surface area contributed by atoms with Gasteiger partial charge in [-0.2, -0.15) is 0 Å². The molecule has 0 aromatic rings. The van der Waals surface area contributed by atoms with Crippen molar-refractivity contribution in [2.45, 2.75) is 25.3 Å². The molecule has 1 rings (SSSR count). The van der Waals surface area contributed by atoms with Crippen LogP contribution in [0, 0.1) is 0 Å². The number of carbonyl (C=O) groups is 3. The quantitative estimate of drug-likeness (QED) is 0.611. The summed E-state index contributed by atoms with van der Waals surface area (Å²) in [6.07, 6.45) is 0. The molecule has 2 unspecified atom stereocenters. The van der Waals surface area contributed by atoms with Crippen molar-refractivity contribution in [3.63, 3.8) is 0 Å². The molecule has 1 fully saturated rings. The molecule has 102 valence electrons. The second-order valence-corrected chi connectivity index (χ2v) is 5.26. The van der Waals surface area contributed by atoms with Gasteiger partial charge in [0.2, 0.25) is 5.91 Å². The summed E-state index contributed by atoms with van der Waals surface area (Å²) >= 11 is 1.43. The number of aliphatic carboxylic acids is 1. The van der Waals surface area contributed by atoms with E-state index in [1.807, 2.05) is 0 Å². The first-order valence-electron chi connectivity index (χ1n) is 5.58. The minimum atomic E-state index is -0.996. The van der Waals surface area contributed by atoms with Crippen molar-refractivity contribution >= 4 is 29.7 Å². The van der Waals surface area contributed by atoms with Crippen LogP contribution in [-0.2, 0) is 9.59 Å². The summed E-state index contributed by atoms with van der Waals surface area (Å²) in [6.45, 7) is 3.79. The third-order valence-electron chi connectivity index (χ3n) is 2.52. The number of rotatable bonds is 4. The Hall–Kier alpha value is -1.44. The van der Waals surface area contributed by atoms with Crippen molar-refractivity contribution in [2.24, 2.45) is 0 Å². The van der Waals surface area contributed by atoms with E-state index >= 15 is 0 Å². The summed E-state index contributed by atoms with van der Waals surface area (Å²) in [5.41, 5.74) is 0. The van der Waals surface area contributed by atoms with Crippen LogP contribution in [-0.4, -0.2) is 58.2 Å². The lowest BCUT2D eigenvalue weighted by atomic mass is 10.3. The number of amides is 3. The highest BCUT2D eigenvalue weighted by atomic mass is 32.2. The second-order valence-electron chi connectivity index (χ2n) is 3.91. The van der Waals surface area contributed by atoms with Gasteiger partial charge in [-0.3, -0.25) is 9.69 Å². The third-order valence-corrected chi connectivity index (χ3v) is 3.74. The Morgan fingerprint density at radius 1 is 1.33 bits per heavy atom. The summed E-state index contributed by atoms with van der Waals surface area (Å²) in [6, 6.07) is -1.20. The first kappa shape index (κ1) is 14.6. The van der Waals surface area contributed by atoms with Crippen molar-refractivity contribution in [2.75, 3.05) is 18.8 Å². The number of thioether (sulfide) groups is 1. The zero-order chi connectivity index (χ0) is 13.7. The molecule has 0 aromatic heterocycles. The highest BCUT2D eigenvalue weighted by molar-refractivity contribution is 8.00. The molecule has 0 aromatic carbocycles. The zero-order valence-electron chi connectivity index (χ0n) is 10.3. The molecule has 1 aliphatic rings. The largest absolute Gasteiger partial charge is 0.480 e. The van der Waals surface area contributed by atoms with Gasteiger partial charge in [-0.05, 0) is 6.92 Å². The number of carbonyl (C=O) groups excluding carboxylic acids is 2. The summed E-state index contributed by atoms with van der Waals surface area (Å²) in [7, 11) is 0. The lowest BCUT2D eigenvalue weighted by Gasteiger charge is -2.25. The lowest BCUT2D eigenvalue weighted by Crippen LogP contribution is -2.50. The monoisotopic (exact) mass is 275 g/mol. The molecule has 1 aliphatic heterocycles. The molecule has 2 atom stereocenters. The Balaban J connectivity index is 2.44. The van der Waals surface area contributed by atoms with E-state index in [2.05, 4.69) is 10.6 Å².